The zero-order chi connectivity index (χ0) is 8.39. The second-order valence-electron chi connectivity index (χ2n) is 2.91. The summed E-state index contributed by atoms with van der Waals surface area (Å²) in [7, 11) is 0. The van der Waals surface area contributed by atoms with Gasteiger partial charge in [-0.05, 0) is 12.1 Å². The molecule has 0 amide bonds. The molecule has 1 N–H and O–H groups in total. The third-order valence-electron chi connectivity index (χ3n) is 2.07. The van der Waals surface area contributed by atoms with Crippen molar-refractivity contribution >= 4 is 0 Å². The third kappa shape index (κ3) is 1.34. The summed E-state index contributed by atoms with van der Waals surface area (Å²) in [4.78, 5) is 0. The van der Waals surface area contributed by atoms with E-state index in [1.807, 2.05) is 30.3 Å². The van der Waals surface area contributed by atoms with Crippen molar-refractivity contribution < 1.29 is 0 Å². The molecular formula is C9H11N2O-. The first-order valence-corrected chi connectivity index (χ1v) is 4.10. The molecule has 1 aliphatic rings. The largest absolute Gasteiger partial charge is 0.784 e. The fourth-order valence-electron chi connectivity index (χ4n) is 1.46. The summed E-state index contributed by atoms with van der Waals surface area (Å²) in [6.45, 7) is 1.36. The summed E-state index contributed by atoms with van der Waals surface area (Å²) in [6.07, 6.45) is -0.133. The van der Waals surface area contributed by atoms with E-state index in [2.05, 4.69) is 5.32 Å². The van der Waals surface area contributed by atoms with Crippen LogP contribution in [0, 0.1) is 5.21 Å². The van der Waals surface area contributed by atoms with E-state index >= 15 is 0 Å². The van der Waals surface area contributed by atoms with Gasteiger partial charge in [-0.1, -0.05) is 30.3 Å². The van der Waals surface area contributed by atoms with E-state index in [1.54, 1.807) is 0 Å². The minimum Gasteiger partial charge on any atom is -0.784 e. The molecule has 1 unspecified atom stereocenters. The SMILES string of the molecule is [O-]N1CCNC1c1ccccc1. The molecule has 1 atom stereocenters. The standard InChI is InChI=1S/C9H11N2O/c12-11-7-6-10-9(11)8-4-2-1-3-5-8/h1-5,9-10H,6-7H2/q-1. The highest BCUT2D eigenvalue weighted by Gasteiger charge is 2.16. The Balaban J connectivity index is 2.19. The summed E-state index contributed by atoms with van der Waals surface area (Å²) < 4.78 is 0. The Morgan fingerprint density at radius 3 is 2.67 bits per heavy atom. The van der Waals surface area contributed by atoms with Crippen molar-refractivity contribution in [2.24, 2.45) is 0 Å². The van der Waals surface area contributed by atoms with Crippen molar-refractivity contribution in [2.45, 2.75) is 6.17 Å². The van der Waals surface area contributed by atoms with Crippen LogP contribution in [-0.2, 0) is 0 Å². The number of rotatable bonds is 1. The topological polar surface area (TPSA) is 38.3 Å². The van der Waals surface area contributed by atoms with Gasteiger partial charge in [0.1, 0.15) is 0 Å². The van der Waals surface area contributed by atoms with Gasteiger partial charge in [-0.15, -0.1) is 0 Å². The second-order valence-corrected chi connectivity index (χ2v) is 2.91. The maximum atomic E-state index is 11.2. The summed E-state index contributed by atoms with van der Waals surface area (Å²) in [5.74, 6) is 0. The first-order chi connectivity index (χ1) is 5.88. The van der Waals surface area contributed by atoms with Gasteiger partial charge < -0.3 is 10.3 Å². The van der Waals surface area contributed by atoms with Crippen LogP contribution in [0.4, 0.5) is 0 Å². The molecule has 1 aliphatic heterocycles. The lowest BCUT2D eigenvalue weighted by molar-refractivity contribution is 0.340. The lowest BCUT2D eigenvalue weighted by atomic mass is 10.2. The maximum Gasteiger partial charge on any atom is 0.0746 e. The van der Waals surface area contributed by atoms with Crippen LogP contribution in [-0.4, -0.2) is 18.2 Å². The Kier molecular flexibility index (Phi) is 2.08. The van der Waals surface area contributed by atoms with E-state index in [0.29, 0.717) is 6.54 Å². The lowest BCUT2D eigenvalue weighted by Crippen LogP contribution is -2.22. The zero-order valence-corrected chi connectivity index (χ0v) is 6.73. The first kappa shape index (κ1) is 7.73. The second kappa shape index (κ2) is 3.23. The monoisotopic (exact) mass is 163 g/mol. The number of nitrogens with one attached hydrogen (secondary N) is 1. The number of nitrogens with zero attached hydrogens (tertiary/aromatic N) is 1. The smallest absolute Gasteiger partial charge is 0.0746 e. The Morgan fingerprint density at radius 1 is 1.33 bits per heavy atom. The van der Waals surface area contributed by atoms with Crippen LogP contribution in [0.15, 0.2) is 30.3 Å². The minimum absolute atomic E-state index is 0.133. The van der Waals surface area contributed by atoms with Gasteiger partial charge in [-0.3, -0.25) is 5.32 Å². The highest BCUT2D eigenvalue weighted by Crippen LogP contribution is 2.19. The molecule has 3 nitrogen and oxygen atoms in total. The Hall–Kier alpha value is -0.900. The molecule has 0 saturated carbocycles. The third-order valence-corrected chi connectivity index (χ3v) is 2.07. The van der Waals surface area contributed by atoms with Gasteiger partial charge in [0.25, 0.3) is 0 Å². The number of benzene rings is 1. The summed E-state index contributed by atoms with van der Waals surface area (Å²) in [5.41, 5.74) is 1.05. The lowest BCUT2D eigenvalue weighted by Gasteiger charge is -2.29. The van der Waals surface area contributed by atoms with Crippen LogP contribution < -0.4 is 5.32 Å². The summed E-state index contributed by atoms with van der Waals surface area (Å²) >= 11 is 0. The zero-order valence-electron chi connectivity index (χ0n) is 6.73. The van der Waals surface area contributed by atoms with Gasteiger partial charge in [-0.2, -0.15) is 0 Å². The summed E-state index contributed by atoms with van der Waals surface area (Å²) in [5, 5.41) is 15.4. The van der Waals surface area contributed by atoms with E-state index in [9.17, 15) is 5.21 Å². The molecule has 0 aliphatic carbocycles. The average Bonchev–Trinajstić information content (AvgIpc) is 2.53. The molecular weight excluding hydrogens is 152 g/mol. The predicted octanol–water partition coefficient (Wildman–Crippen LogP) is 1.09. The van der Waals surface area contributed by atoms with Gasteiger partial charge in [0.15, 0.2) is 0 Å². The number of hydrogen-bond acceptors (Lipinski definition) is 3. The van der Waals surface area contributed by atoms with Crippen molar-refractivity contribution in [1.82, 2.24) is 10.4 Å². The average molecular weight is 163 g/mol. The fraction of sp³-hybridized carbons (Fsp3) is 0.333. The van der Waals surface area contributed by atoms with Crippen molar-refractivity contribution in [3.8, 4) is 0 Å². The van der Waals surface area contributed by atoms with Crippen LogP contribution in [0.5, 0.6) is 0 Å². The van der Waals surface area contributed by atoms with Crippen LogP contribution in [0.25, 0.3) is 0 Å². The van der Waals surface area contributed by atoms with Crippen molar-refractivity contribution in [3.63, 3.8) is 0 Å². The molecule has 12 heavy (non-hydrogen) atoms. The molecule has 0 bridgehead atoms. The van der Waals surface area contributed by atoms with Gasteiger partial charge in [-0.25, -0.2) is 0 Å². The van der Waals surface area contributed by atoms with Crippen molar-refractivity contribution in [3.05, 3.63) is 41.1 Å². The molecule has 1 fully saturated rings. The summed E-state index contributed by atoms with van der Waals surface area (Å²) in [6, 6.07) is 9.78. The molecule has 3 heteroatoms. The van der Waals surface area contributed by atoms with Gasteiger partial charge >= 0.3 is 0 Å². The number of hydroxylamine groups is 2. The minimum atomic E-state index is -0.133. The molecule has 0 spiro atoms. The maximum absolute atomic E-state index is 11.2. The predicted molar refractivity (Wildman–Crippen MR) is 47.3 cm³/mol. The van der Waals surface area contributed by atoms with E-state index in [0.717, 1.165) is 17.2 Å². The molecule has 64 valence electrons. The van der Waals surface area contributed by atoms with Crippen LogP contribution in [0.2, 0.25) is 0 Å². The molecule has 1 aromatic rings. The van der Waals surface area contributed by atoms with Crippen molar-refractivity contribution in [1.29, 1.82) is 0 Å². The van der Waals surface area contributed by atoms with Crippen LogP contribution in [0.3, 0.4) is 0 Å². The normalized spacial score (nSPS) is 24.6. The molecule has 1 heterocycles. The highest BCUT2D eigenvalue weighted by atomic mass is 16.5. The molecule has 0 radical (unpaired) electrons. The van der Waals surface area contributed by atoms with E-state index in [1.165, 1.54) is 0 Å². The van der Waals surface area contributed by atoms with E-state index < -0.39 is 0 Å². The van der Waals surface area contributed by atoms with Crippen LogP contribution >= 0.6 is 0 Å². The molecule has 0 aromatic heterocycles. The van der Waals surface area contributed by atoms with E-state index in [4.69, 9.17) is 0 Å². The van der Waals surface area contributed by atoms with E-state index in [-0.39, 0.29) is 6.17 Å². The quantitative estimate of drug-likeness (QED) is 0.673. The fourth-order valence-corrected chi connectivity index (χ4v) is 1.46. The Labute approximate surface area is 71.6 Å². The van der Waals surface area contributed by atoms with Gasteiger partial charge in [0.2, 0.25) is 0 Å². The van der Waals surface area contributed by atoms with Gasteiger partial charge in [0.05, 0.1) is 6.17 Å². The Morgan fingerprint density at radius 2 is 2.08 bits per heavy atom. The van der Waals surface area contributed by atoms with Gasteiger partial charge in [0, 0.05) is 6.54 Å². The molecule has 2 rings (SSSR count). The first-order valence-electron chi connectivity index (χ1n) is 4.10. The molecule has 1 aromatic carbocycles. The Bertz CT molecular complexity index is 250. The highest BCUT2D eigenvalue weighted by molar-refractivity contribution is 5.19. The van der Waals surface area contributed by atoms with Crippen molar-refractivity contribution in [2.75, 3.05) is 13.1 Å². The van der Waals surface area contributed by atoms with Crippen LogP contribution in [0.1, 0.15) is 11.7 Å². The number of hydrogen-bond donors (Lipinski definition) is 1. The molecule has 1 saturated heterocycles.